The maximum atomic E-state index is 10.3. The predicted octanol–water partition coefficient (Wildman–Crippen LogP) is 2.87. The fraction of sp³-hybridized carbons (Fsp3) is 0.364. The van der Waals surface area contributed by atoms with Crippen LogP contribution >= 0.6 is 11.8 Å². The zero-order chi connectivity index (χ0) is 9.97. The highest BCUT2D eigenvalue weighted by molar-refractivity contribution is 7.99. The van der Waals surface area contributed by atoms with Crippen LogP contribution in [0.1, 0.15) is 23.6 Å². The molecule has 1 aliphatic rings. The largest absolute Gasteiger partial charge is 0.235 e. The molecule has 1 unspecified atom stereocenters. The van der Waals surface area contributed by atoms with Crippen molar-refractivity contribution in [3.63, 3.8) is 0 Å². The SMILES string of the molecule is Cc1cccc2c1C(N=C=O)CCS2. The lowest BCUT2D eigenvalue weighted by atomic mass is 9.99. The Hall–Kier alpha value is -1.05. The fourth-order valence-electron chi connectivity index (χ4n) is 1.82. The van der Waals surface area contributed by atoms with Crippen LogP contribution < -0.4 is 0 Å². The van der Waals surface area contributed by atoms with E-state index < -0.39 is 0 Å². The molecule has 0 fully saturated rings. The number of hydrogen-bond acceptors (Lipinski definition) is 3. The number of fused-ring (bicyclic) bond motifs is 1. The van der Waals surface area contributed by atoms with E-state index >= 15 is 0 Å². The molecule has 1 aromatic rings. The molecule has 0 saturated carbocycles. The Kier molecular flexibility index (Phi) is 2.71. The molecule has 0 radical (unpaired) electrons. The molecule has 14 heavy (non-hydrogen) atoms. The Bertz CT molecular complexity index is 396. The van der Waals surface area contributed by atoms with E-state index in [1.54, 1.807) is 6.08 Å². The van der Waals surface area contributed by atoms with E-state index in [-0.39, 0.29) is 6.04 Å². The van der Waals surface area contributed by atoms with Crippen LogP contribution in [0.25, 0.3) is 0 Å². The number of nitrogens with zero attached hydrogens (tertiary/aromatic N) is 1. The minimum atomic E-state index is 0.0324. The number of benzene rings is 1. The normalized spacial score (nSPS) is 19.6. The van der Waals surface area contributed by atoms with Gasteiger partial charge in [-0.2, -0.15) is 4.99 Å². The van der Waals surface area contributed by atoms with Crippen molar-refractivity contribution in [2.24, 2.45) is 4.99 Å². The standard InChI is InChI=1S/C11H11NOS/c1-8-3-2-4-10-11(8)9(12-7-13)5-6-14-10/h2-4,9H,5-6H2,1H3. The summed E-state index contributed by atoms with van der Waals surface area (Å²) in [7, 11) is 0. The summed E-state index contributed by atoms with van der Waals surface area (Å²) in [5.74, 6) is 1.03. The summed E-state index contributed by atoms with van der Waals surface area (Å²) >= 11 is 1.84. The topological polar surface area (TPSA) is 29.4 Å². The van der Waals surface area contributed by atoms with Gasteiger partial charge in [0.25, 0.3) is 0 Å². The molecule has 1 aromatic carbocycles. The summed E-state index contributed by atoms with van der Waals surface area (Å²) in [5.41, 5.74) is 2.44. The molecule has 1 atom stereocenters. The van der Waals surface area contributed by atoms with Crippen molar-refractivity contribution >= 4 is 17.8 Å². The van der Waals surface area contributed by atoms with E-state index in [1.807, 2.05) is 17.8 Å². The van der Waals surface area contributed by atoms with Gasteiger partial charge in [0.15, 0.2) is 0 Å². The van der Waals surface area contributed by atoms with Crippen LogP contribution in [0.5, 0.6) is 0 Å². The first-order chi connectivity index (χ1) is 6.83. The van der Waals surface area contributed by atoms with Gasteiger partial charge in [-0.3, -0.25) is 0 Å². The molecule has 2 rings (SSSR count). The van der Waals surface area contributed by atoms with Gasteiger partial charge in [-0.05, 0) is 30.5 Å². The zero-order valence-electron chi connectivity index (χ0n) is 7.99. The smallest absolute Gasteiger partial charge is 0.211 e. The molecule has 0 bridgehead atoms. The summed E-state index contributed by atoms with van der Waals surface area (Å²) in [4.78, 5) is 15.4. The lowest BCUT2D eigenvalue weighted by molar-refractivity contribution is 0.554. The first kappa shape index (κ1) is 9.50. The van der Waals surface area contributed by atoms with E-state index in [2.05, 4.69) is 24.0 Å². The van der Waals surface area contributed by atoms with Gasteiger partial charge >= 0.3 is 0 Å². The summed E-state index contributed by atoms with van der Waals surface area (Å²) in [6.07, 6.45) is 2.61. The number of aryl methyl sites for hydroxylation is 1. The van der Waals surface area contributed by atoms with Crippen LogP contribution in [0.15, 0.2) is 28.1 Å². The molecule has 0 N–H and O–H groups in total. The van der Waals surface area contributed by atoms with Crippen LogP contribution in [0, 0.1) is 6.92 Å². The van der Waals surface area contributed by atoms with E-state index in [0.717, 1.165) is 12.2 Å². The molecule has 1 heterocycles. The van der Waals surface area contributed by atoms with Gasteiger partial charge in [0.05, 0.1) is 6.04 Å². The lowest BCUT2D eigenvalue weighted by Gasteiger charge is -2.22. The highest BCUT2D eigenvalue weighted by Gasteiger charge is 2.21. The van der Waals surface area contributed by atoms with Gasteiger partial charge in [-0.25, -0.2) is 4.79 Å². The van der Waals surface area contributed by atoms with Crippen molar-refractivity contribution in [1.29, 1.82) is 0 Å². The quantitative estimate of drug-likeness (QED) is 0.521. The summed E-state index contributed by atoms with van der Waals surface area (Å²) in [5, 5.41) is 0. The lowest BCUT2D eigenvalue weighted by Crippen LogP contribution is -2.06. The molecule has 0 aromatic heterocycles. The number of thioether (sulfide) groups is 1. The number of aliphatic imine (C=N–C) groups is 1. The maximum absolute atomic E-state index is 10.3. The van der Waals surface area contributed by atoms with Crippen LogP contribution in [0.3, 0.4) is 0 Å². The Balaban J connectivity index is 2.51. The second-order valence-electron chi connectivity index (χ2n) is 3.36. The van der Waals surface area contributed by atoms with Gasteiger partial charge in [0.1, 0.15) is 0 Å². The molecule has 1 aliphatic heterocycles. The highest BCUT2D eigenvalue weighted by atomic mass is 32.2. The van der Waals surface area contributed by atoms with E-state index in [9.17, 15) is 4.79 Å². The Morgan fingerprint density at radius 1 is 1.57 bits per heavy atom. The van der Waals surface area contributed by atoms with Crippen LogP contribution in [0.2, 0.25) is 0 Å². The monoisotopic (exact) mass is 205 g/mol. The third kappa shape index (κ3) is 1.61. The van der Waals surface area contributed by atoms with Crippen molar-refractivity contribution in [2.45, 2.75) is 24.3 Å². The van der Waals surface area contributed by atoms with Crippen LogP contribution in [-0.2, 0) is 4.79 Å². The fourth-order valence-corrected chi connectivity index (χ4v) is 3.01. The Labute approximate surface area is 87.4 Å². The van der Waals surface area contributed by atoms with Crippen LogP contribution in [0.4, 0.5) is 0 Å². The van der Waals surface area contributed by atoms with Crippen molar-refractivity contribution in [1.82, 2.24) is 0 Å². The average Bonchev–Trinajstić information content (AvgIpc) is 2.19. The van der Waals surface area contributed by atoms with Gasteiger partial charge in [0, 0.05) is 10.6 Å². The molecular formula is C11H11NOS. The van der Waals surface area contributed by atoms with Gasteiger partial charge in [-0.15, -0.1) is 11.8 Å². The summed E-state index contributed by atoms with van der Waals surface area (Å²) in [6, 6.07) is 6.25. The van der Waals surface area contributed by atoms with E-state index in [0.29, 0.717) is 0 Å². The zero-order valence-corrected chi connectivity index (χ0v) is 8.80. The number of carbonyl (C=O) groups excluding carboxylic acids is 1. The number of rotatable bonds is 1. The van der Waals surface area contributed by atoms with Crippen molar-refractivity contribution < 1.29 is 4.79 Å². The van der Waals surface area contributed by atoms with Gasteiger partial charge in [0.2, 0.25) is 6.08 Å². The average molecular weight is 205 g/mol. The van der Waals surface area contributed by atoms with Crippen molar-refractivity contribution in [3.8, 4) is 0 Å². The van der Waals surface area contributed by atoms with Crippen LogP contribution in [-0.4, -0.2) is 11.8 Å². The predicted molar refractivity (Wildman–Crippen MR) is 57.4 cm³/mol. The molecule has 72 valence electrons. The molecular weight excluding hydrogens is 194 g/mol. The first-order valence-corrected chi connectivity index (χ1v) is 5.61. The number of isocyanates is 1. The van der Waals surface area contributed by atoms with E-state index in [1.165, 1.54) is 16.0 Å². The third-order valence-corrected chi connectivity index (χ3v) is 3.58. The third-order valence-electron chi connectivity index (χ3n) is 2.47. The summed E-state index contributed by atoms with van der Waals surface area (Å²) in [6.45, 7) is 2.07. The van der Waals surface area contributed by atoms with Crippen molar-refractivity contribution in [3.05, 3.63) is 29.3 Å². The first-order valence-electron chi connectivity index (χ1n) is 4.62. The minimum Gasteiger partial charge on any atom is -0.211 e. The second kappa shape index (κ2) is 3.99. The van der Waals surface area contributed by atoms with Gasteiger partial charge < -0.3 is 0 Å². The Morgan fingerprint density at radius 3 is 3.21 bits per heavy atom. The number of hydrogen-bond donors (Lipinski definition) is 0. The molecule has 0 aliphatic carbocycles. The van der Waals surface area contributed by atoms with Crippen molar-refractivity contribution in [2.75, 3.05) is 5.75 Å². The van der Waals surface area contributed by atoms with E-state index in [4.69, 9.17) is 0 Å². The highest BCUT2D eigenvalue weighted by Crippen LogP contribution is 2.39. The van der Waals surface area contributed by atoms with Gasteiger partial charge in [-0.1, -0.05) is 12.1 Å². The molecule has 3 heteroatoms. The summed E-state index contributed by atoms with van der Waals surface area (Å²) < 4.78 is 0. The maximum Gasteiger partial charge on any atom is 0.235 e. The molecule has 0 spiro atoms. The second-order valence-corrected chi connectivity index (χ2v) is 4.50. The minimum absolute atomic E-state index is 0.0324. The molecule has 0 saturated heterocycles. The Morgan fingerprint density at radius 2 is 2.43 bits per heavy atom. The molecule has 0 amide bonds. The molecule has 2 nitrogen and oxygen atoms in total.